The van der Waals surface area contributed by atoms with Crippen molar-refractivity contribution in [3.05, 3.63) is 42.1 Å². The molecule has 4 amide bonds. The van der Waals surface area contributed by atoms with Crippen molar-refractivity contribution in [3.8, 4) is 11.6 Å². The highest BCUT2D eigenvalue weighted by atomic mass is 16.5. The van der Waals surface area contributed by atoms with Crippen LogP contribution in [0.4, 0.5) is 4.79 Å². The van der Waals surface area contributed by atoms with Crippen molar-refractivity contribution in [2.45, 2.75) is 31.3 Å². The van der Waals surface area contributed by atoms with Crippen LogP contribution in [0.25, 0.3) is 5.69 Å². The molecule has 16 heteroatoms. The van der Waals surface area contributed by atoms with Gasteiger partial charge in [0.05, 0.1) is 5.69 Å². The van der Waals surface area contributed by atoms with E-state index in [0.29, 0.717) is 12.1 Å². The topological polar surface area (TPSA) is 212 Å². The van der Waals surface area contributed by atoms with Gasteiger partial charge in [0.25, 0.3) is 11.8 Å². The summed E-state index contributed by atoms with van der Waals surface area (Å²) in [4.78, 5) is 76.4. The number of carboxylic acid groups (broad SMARTS) is 3. The summed E-state index contributed by atoms with van der Waals surface area (Å²) in [6, 6.07) is 7.65. The van der Waals surface area contributed by atoms with E-state index in [1.54, 1.807) is 30.3 Å². The number of carboxylic acids is 2. The van der Waals surface area contributed by atoms with Gasteiger partial charge < -0.3 is 40.1 Å². The molecule has 4 N–H and O–H groups in total. The molecule has 0 unspecified atom stereocenters. The molecule has 0 saturated carbocycles. The summed E-state index contributed by atoms with van der Waals surface area (Å²) in [7, 11) is 0. The Hall–Kier alpha value is -5.15. The molecule has 0 bridgehead atoms. The third kappa shape index (κ3) is 6.94. The molecule has 42 heavy (non-hydrogen) atoms. The van der Waals surface area contributed by atoms with Crippen LogP contribution in [0.15, 0.2) is 36.4 Å². The summed E-state index contributed by atoms with van der Waals surface area (Å²) in [5.41, 5.74) is 0.304. The second kappa shape index (κ2) is 13.0. The molecule has 1 aromatic heterocycles. The van der Waals surface area contributed by atoms with E-state index in [1.165, 1.54) is 20.5 Å². The Morgan fingerprint density at radius 2 is 1.62 bits per heavy atom. The molecule has 2 atom stereocenters. The number of ether oxygens (including phenoxy) is 1. The van der Waals surface area contributed by atoms with Crippen LogP contribution in [0.3, 0.4) is 0 Å². The Bertz CT molecular complexity index is 1350. The molecule has 4 rings (SSSR count). The van der Waals surface area contributed by atoms with Gasteiger partial charge in [-0.3, -0.25) is 19.2 Å². The van der Waals surface area contributed by atoms with Gasteiger partial charge in [-0.1, -0.05) is 18.2 Å². The number of para-hydroxylation sites is 1. The fraction of sp³-hybridized carbons (Fsp3) is 0.423. The van der Waals surface area contributed by atoms with Crippen molar-refractivity contribution in [2.75, 3.05) is 39.3 Å². The number of benzene rings is 1. The first-order valence-electron chi connectivity index (χ1n) is 13.1. The highest BCUT2D eigenvalue weighted by Gasteiger charge is 2.38. The zero-order chi connectivity index (χ0) is 30.4. The normalized spacial score (nSPS) is 17.1. The smallest absolute Gasteiger partial charge is 0.407 e. The molecule has 1 aromatic carbocycles. The molecule has 0 radical (unpaired) electrons. The minimum atomic E-state index is -1.22. The van der Waals surface area contributed by atoms with Crippen molar-refractivity contribution < 1.29 is 48.8 Å². The van der Waals surface area contributed by atoms with E-state index in [4.69, 9.17) is 9.84 Å². The van der Waals surface area contributed by atoms with Crippen LogP contribution in [0.5, 0.6) is 5.88 Å². The molecular weight excluding hydrogens is 556 g/mol. The van der Waals surface area contributed by atoms with Crippen LogP contribution < -0.4 is 10.1 Å². The predicted octanol–water partition coefficient (Wildman–Crippen LogP) is -0.278. The van der Waals surface area contributed by atoms with E-state index in [2.05, 4.69) is 10.4 Å². The zero-order valence-corrected chi connectivity index (χ0v) is 22.4. The van der Waals surface area contributed by atoms with Crippen molar-refractivity contribution in [3.63, 3.8) is 0 Å². The molecule has 16 nitrogen and oxygen atoms in total. The van der Waals surface area contributed by atoms with Crippen LogP contribution in [-0.2, 0) is 19.2 Å². The Kier molecular flexibility index (Phi) is 9.24. The maximum atomic E-state index is 13.3. The molecule has 2 aliphatic rings. The lowest BCUT2D eigenvalue weighted by Gasteiger charge is -2.37. The lowest BCUT2D eigenvalue weighted by atomic mass is 10.0. The predicted molar refractivity (Wildman–Crippen MR) is 141 cm³/mol. The minimum absolute atomic E-state index is 0.00491. The molecular formula is C26H30N6O10. The van der Waals surface area contributed by atoms with Crippen LogP contribution in [0, 0.1) is 0 Å². The fourth-order valence-electron chi connectivity index (χ4n) is 4.59. The highest BCUT2D eigenvalue weighted by molar-refractivity contribution is 5.96. The minimum Gasteiger partial charge on any atom is -0.481 e. The van der Waals surface area contributed by atoms with Crippen molar-refractivity contribution in [1.82, 2.24) is 29.8 Å². The van der Waals surface area contributed by atoms with Gasteiger partial charge >= 0.3 is 18.0 Å². The molecule has 2 saturated heterocycles. The van der Waals surface area contributed by atoms with Crippen LogP contribution in [0.2, 0.25) is 0 Å². The summed E-state index contributed by atoms with van der Waals surface area (Å²) in [5, 5.41) is 34.4. The number of amides is 4. The summed E-state index contributed by atoms with van der Waals surface area (Å²) in [6.45, 7) is 0.0870. The highest BCUT2D eigenvalue weighted by Crippen LogP contribution is 2.22. The monoisotopic (exact) mass is 586 g/mol. The summed E-state index contributed by atoms with van der Waals surface area (Å²) in [5.74, 6) is -4.19. The summed E-state index contributed by atoms with van der Waals surface area (Å²) in [6.07, 6.45) is -1.39. The van der Waals surface area contributed by atoms with E-state index < -0.39 is 60.9 Å². The molecule has 3 heterocycles. The number of rotatable bonds is 11. The first kappa shape index (κ1) is 29.8. The van der Waals surface area contributed by atoms with Gasteiger partial charge in [0.1, 0.15) is 12.1 Å². The number of piperazine rings is 1. The lowest BCUT2D eigenvalue weighted by molar-refractivity contribution is -0.158. The number of aliphatic carboxylic acids is 2. The van der Waals surface area contributed by atoms with E-state index >= 15 is 0 Å². The molecule has 0 aliphatic carbocycles. The molecule has 224 valence electrons. The first-order valence-corrected chi connectivity index (χ1v) is 13.1. The van der Waals surface area contributed by atoms with Gasteiger partial charge in [0.15, 0.2) is 12.3 Å². The SMILES string of the molecule is O=C(O)CC[C@H](NC(=O)c1cc(OCC(=O)N2CC[C@H]2C(=O)O)n(-c2ccccc2)n1)C(=O)N1CCN(C(=O)O)CC1. The summed E-state index contributed by atoms with van der Waals surface area (Å²) >= 11 is 0. The number of hydrogen-bond donors (Lipinski definition) is 4. The number of nitrogens with zero attached hydrogens (tertiary/aromatic N) is 5. The maximum Gasteiger partial charge on any atom is 0.407 e. The second-order valence-corrected chi connectivity index (χ2v) is 9.69. The van der Waals surface area contributed by atoms with E-state index in [9.17, 15) is 39.0 Å². The number of nitrogens with one attached hydrogen (secondary N) is 1. The van der Waals surface area contributed by atoms with Crippen LogP contribution >= 0.6 is 0 Å². The average Bonchev–Trinajstić information content (AvgIpc) is 3.37. The largest absolute Gasteiger partial charge is 0.481 e. The van der Waals surface area contributed by atoms with Crippen LogP contribution in [-0.4, -0.2) is 127 Å². The number of carbonyl (C=O) groups excluding carboxylic acids is 3. The van der Waals surface area contributed by atoms with Gasteiger partial charge in [0, 0.05) is 45.2 Å². The van der Waals surface area contributed by atoms with Gasteiger partial charge in [-0.05, 0) is 25.0 Å². The zero-order valence-electron chi connectivity index (χ0n) is 22.4. The van der Waals surface area contributed by atoms with Gasteiger partial charge in [-0.25, -0.2) is 14.3 Å². The van der Waals surface area contributed by atoms with Gasteiger partial charge in [-0.2, -0.15) is 5.10 Å². The van der Waals surface area contributed by atoms with Crippen molar-refractivity contribution >= 4 is 35.8 Å². The number of aromatic nitrogens is 2. The number of likely N-dealkylation sites (tertiary alicyclic amines) is 1. The Balaban J connectivity index is 1.50. The maximum absolute atomic E-state index is 13.3. The van der Waals surface area contributed by atoms with Crippen molar-refractivity contribution in [2.24, 2.45) is 0 Å². The molecule has 2 fully saturated rings. The van der Waals surface area contributed by atoms with E-state index in [-0.39, 0.29) is 50.7 Å². The average molecular weight is 587 g/mol. The molecule has 2 aliphatic heterocycles. The van der Waals surface area contributed by atoms with Crippen molar-refractivity contribution in [1.29, 1.82) is 0 Å². The van der Waals surface area contributed by atoms with Crippen LogP contribution in [0.1, 0.15) is 29.8 Å². The quantitative estimate of drug-likeness (QED) is 0.269. The third-order valence-electron chi connectivity index (χ3n) is 6.99. The molecule has 2 aromatic rings. The lowest BCUT2D eigenvalue weighted by Crippen LogP contribution is -2.56. The molecule has 0 spiro atoms. The van der Waals surface area contributed by atoms with E-state index in [1.807, 2.05) is 0 Å². The Morgan fingerprint density at radius 1 is 0.952 bits per heavy atom. The van der Waals surface area contributed by atoms with E-state index in [0.717, 1.165) is 4.90 Å². The van der Waals surface area contributed by atoms with Gasteiger partial charge in [-0.15, -0.1) is 0 Å². The summed E-state index contributed by atoms with van der Waals surface area (Å²) < 4.78 is 6.93. The fourth-order valence-corrected chi connectivity index (χ4v) is 4.59. The Morgan fingerprint density at radius 3 is 2.19 bits per heavy atom. The Labute approximate surface area is 239 Å². The number of hydrogen-bond acceptors (Lipinski definition) is 8. The first-order chi connectivity index (χ1) is 20.0. The standard InChI is InChI=1S/C26H30N6O10/c33-20(31-9-8-19(31)25(38)39)15-42-21-14-18(28-32(21)16-4-2-1-3-5-16)23(36)27-17(6-7-22(34)35)24(37)29-10-12-30(13-11-29)26(40)41/h1-5,14,17,19H,6-13,15H2,(H,27,36)(H,34,35)(H,38,39)(H,40,41)/t17-,19-/m0/s1. The second-order valence-electron chi connectivity index (χ2n) is 9.69. The van der Waals surface area contributed by atoms with Gasteiger partial charge in [0.2, 0.25) is 11.8 Å². The third-order valence-corrected chi connectivity index (χ3v) is 6.99. The number of carbonyl (C=O) groups is 6.